The van der Waals surface area contributed by atoms with Crippen LogP contribution in [-0.2, 0) is 24.3 Å². The highest BCUT2D eigenvalue weighted by Gasteiger charge is 2.29. The van der Waals surface area contributed by atoms with E-state index in [4.69, 9.17) is 17.0 Å². The Hall–Kier alpha value is -2.29. The monoisotopic (exact) mass is 412 g/mol. The van der Waals surface area contributed by atoms with Gasteiger partial charge in [-0.15, -0.1) is 16.4 Å². The van der Waals surface area contributed by atoms with Gasteiger partial charge in [0, 0.05) is 11.3 Å². The third kappa shape index (κ3) is 2.67. The van der Waals surface area contributed by atoms with Crippen molar-refractivity contribution in [3.8, 4) is 0 Å². The van der Waals surface area contributed by atoms with Crippen molar-refractivity contribution in [3.05, 3.63) is 61.5 Å². The smallest absolute Gasteiger partial charge is 0.264 e. The number of nitrogens with one attached hydrogen (secondary N) is 1. The first-order valence-corrected chi connectivity index (χ1v) is 10.6. The fourth-order valence-corrected chi connectivity index (χ4v) is 5.39. The molecule has 1 aliphatic rings. The molecule has 4 aromatic rings. The van der Waals surface area contributed by atoms with E-state index < -0.39 is 0 Å². The molecule has 0 amide bonds. The van der Waals surface area contributed by atoms with Gasteiger partial charge >= 0.3 is 0 Å². The largest absolute Gasteiger partial charge is 0.372 e. The third-order valence-corrected chi connectivity index (χ3v) is 6.86. The van der Waals surface area contributed by atoms with Crippen molar-refractivity contribution in [3.63, 3.8) is 0 Å². The van der Waals surface area contributed by atoms with E-state index in [1.807, 2.05) is 34.7 Å². The standard InChI is InChI=1S/C20H20N4O2S2/c1-11(2)14-8-13-15(10-26-14)28-18-16(13)17(25)23(9-12-6-4-3-5-7-12)19-21-22-20(27)24(18)19/h3-7,11,14H,8-10H2,1-2H3,(H,22,27). The number of hydrogen-bond acceptors (Lipinski definition) is 5. The zero-order valence-electron chi connectivity index (χ0n) is 15.6. The van der Waals surface area contributed by atoms with Crippen molar-refractivity contribution >= 4 is 39.5 Å². The number of fused-ring (bicyclic) bond motifs is 5. The summed E-state index contributed by atoms with van der Waals surface area (Å²) in [6.45, 7) is 5.31. The Bertz CT molecular complexity index is 1300. The molecule has 0 spiro atoms. The Labute approximate surface area is 170 Å². The summed E-state index contributed by atoms with van der Waals surface area (Å²) in [5.74, 6) is 0.945. The van der Waals surface area contributed by atoms with Gasteiger partial charge in [-0.1, -0.05) is 44.2 Å². The lowest BCUT2D eigenvalue weighted by molar-refractivity contribution is 0.00200. The Morgan fingerprint density at radius 1 is 1.36 bits per heavy atom. The van der Waals surface area contributed by atoms with Crippen molar-refractivity contribution < 1.29 is 4.74 Å². The number of rotatable bonds is 3. The fourth-order valence-electron chi connectivity index (χ4n) is 3.87. The SMILES string of the molecule is CC(C)C1Cc2c(sc3c2c(=O)n(Cc2ccccc2)c2n[nH]c(=S)n32)CO1. The molecule has 144 valence electrons. The van der Waals surface area contributed by atoms with Gasteiger partial charge in [-0.3, -0.25) is 9.36 Å². The highest BCUT2D eigenvalue weighted by molar-refractivity contribution is 7.71. The third-order valence-electron chi connectivity index (χ3n) is 5.39. The molecule has 0 radical (unpaired) electrons. The van der Waals surface area contributed by atoms with Crippen LogP contribution in [0.3, 0.4) is 0 Å². The first-order valence-electron chi connectivity index (χ1n) is 9.34. The summed E-state index contributed by atoms with van der Waals surface area (Å²) in [6, 6.07) is 9.95. The molecule has 1 unspecified atom stereocenters. The van der Waals surface area contributed by atoms with Gasteiger partial charge in [-0.25, -0.2) is 9.50 Å². The van der Waals surface area contributed by atoms with Gasteiger partial charge in [0.05, 0.1) is 24.6 Å². The van der Waals surface area contributed by atoms with E-state index in [1.165, 1.54) is 0 Å². The van der Waals surface area contributed by atoms with E-state index in [1.54, 1.807) is 15.9 Å². The van der Waals surface area contributed by atoms with E-state index in [-0.39, 0.29) is 11.7 Å². The van der Waals surface area contributed by atoms with Crippen LogP contribution in [0.15, 0.2) is 35.1 Å². The van der Waals surface area contributed by atoms with Crippen LogP contribution in [0.4, 0.5) is 0 Å². The topological polar surface area (TPSA) is 64.3 Å². The minimum atomic E-state index is -0.0118. The summed E-state index contributed by atoms with van der Waals surface area (Å²) < 4.78 is 10.1. The Morgan fingerprint density at radius 3 is 2.89 bits per heavy atom. The van der Waals surface area contributed by atoms with E-state index in [0.717, 1.165) is 32.6 Å². The molecule has 0 fully saturated rings. The van der Waals surface area contributed by atoms with Crippen LogP contribution in [0, 0.1) is 10.7 Å². The molecule has 0 aliphatic carbocycles. The second kappa shape index (κ2) is 6.65. The van der Waals surface area contributed by atoms with Crippen LogP contribution in [0.25, 0.3) is 16.0 Å². The van der Waals surface area contributed by atoms with Crippen molar-refractivity contribution in [1.82, 2.24) is 19.2 Å². The van der Waals surface area contributed by atoms with E-state index in [9.17, 15) is 4.79 Å². The number of H-pyrrole nitrogens is 1. The van der Waals surface area contributed by atoms with E-state index in [2.05, 4.69) is 24.0 Å². The molecular formula is C20H20N4O2S2. The molecule has 3 aromatic heterocycles. The number of nitrogens with zero attached hydrogens (tertiary/aromatic N) is 3. The van der Waals surface area contributed by atoms with Crippen LogP contribution in [0.5, 0.6) is 0 Å². The zero-order chi connectivity index (χ0) is 19.4. The molecule has 0 bridgehead atoms. The molecule has 6 nitrogen and oxygen atoms in total. The molecule has 1 aliphatic heterocycles. The van der Waals surface area contributed by atoms with E-state index in [0.29, 0.717) is 29.6 Å². The van der Waals surface area contributed by atoms with Crippen molar-refractivity contribution in [2.75, 3.05) is 0 Å². The Balaban J connectivity index is 1.81. The Morgan fingerprint density at radius 2 is 2.14 bits per heavy atom. The summed E-state index contributed by atoms with van der Waals surface area (Å²) in [5.41, 5.74) is 2.15. The van der Waals surface area contributed by atoms with Gasteiger partial charge in [0.2, 0.25) is 10.5 Å². The lowest BCUT2D eigenvalue weighted by Gasteiger charge is -2.26. The molecule has 4 heterocycles. The number of hydrogen-bond donors (Lipinski definition) is 1. The molecule has 0 saturated heterocycles. The number of thiophene rings is 1. The van der Waals surface area contributed by atoms with Gasteiger partial charge in [0.15, 0.2) is 0 Å². The van der Waals surface area contributed by atoms with Gasteiger partial charge < -0.3 is 4.74 Å². The molecule has 1 aromatic carbocycles. The summed E-state index contributed by atoms with van der Waals surface area (Å²) in [6.07, 6.45) is 0.879. The first kappa shape index (κ1) is 17.8. The maximum atomic E-state index is 13.6. The van der Waals surface area contributed by atoms with Crippen LogP contribution >= 0.6 is 23.6 Å². The van der Waals surface area contributed by atoms with Gasteiger partial charge in [0.1, 0.15) is 4.83 Å². The average molecular weight is 413 g/mol. The highest BCUT2D eigenvalue weighted by Crippen LogP contribution is 2.36. The molecule has 5 rings (SSSR count). The quantitative estimate of drug-likeness (QED) is 0.518. The second-order valence-electron chi connectivity index (χ2n) is 7.52. The highest BCUT2D eigenvalue weighted by atomic mass is 32.1. The summed E-state index contributed by atoms with van der Waals surface area (Å²) in [7, 11) is 0. The number of benzene rings is 1. The second-order valence-corrected chi connectivity index (χ2v) is 8.99. The van der Waals surface area contributed by atoms with Crippen LogP contribution in [0.2, 0.25) is 0 Å². The fraction of sp³-hybridized carbons (Fsp3) is 0.350. The van der Waals surface area contributed by atoms with Gasteiger partial charge in [-0.05, 0) is 29.3 Å². The van der Waals surface area contributed by atoms with E-state index >= 15 is 0 Å². The average Bonchev–Trinajstić information content (AvgIpc) is 3.26. The number of aromatic nitrogens is 4. The lowest BCUT2D eigenvalue weighted by Crippen LogP contribution is -2.28. The maximum Gasteiger partial charge on any atom is 0.264 e. The van der Waals surface area contributed by atoms with Crippen molar-refractivity contribution in [1.29, 1.82) is 0 Å². The van der Waals surface area contributed by atoms with Crippen molar-refractivity contribution in [2.24, 2.45) is 5.92 Å². The van der Waals surface area contributed by atoms with Crippen LogP contribution < -0.4 is 5.56 Å². The van der Waals surface area contributed by atoms with Crippen LogP contribution in [0.1, 0.15) is 29.9 Å². The van der Waals surface area contributed by atoms with Crippen molar-refractivity contribution in [2.45, 2.75) is 39.5 Å². The van der Waals surface area contributed by atoms with Crippen LogP contribution in [-0.4, -0.2) is 25.3 Å². The number of aromatic amines is 1. The normalized spacial score (nSPS) is 16.9. The summed E-state index contributed by atoms with van der Waals surface area (Å²) in [5, 5.41) is 7.98. The maximum absolute atomic E-state index is 13.6. The molecule has 1 N–H and O–H groups in total. The first-order chi connectivity index (χ1) is 13.5. The molecule has 1 atom stereocenters. The predicted octanol–water partition coefficient (Wildman–Crippen LogP) is 3.91. The molecule has 28 heavy (non-hydrogen) atoms. The lowest BCUT2D eigenvalue weighted by atomic mass is 9.96. The summed E-state index contributed by atoms with van der Waals surface area (Å²) >= 11 is 7.08. The minimum absolute atomic E-state index is 0.0118. The Kier molecular flexibility index (Phi) is 4.22. The number of ether oxygens (including phenoxy) is 1. The zero-order valence-corrected chi connectivity index (χ0v) is 17.3. The molecular weight excluding hydrogens is 392 g/mol. The predicted molar refractivity (Wildman–Crippen MR) is 113 cm³/mol. The molecule has 8 heteroatoms. The van der Waals surface area contributed by atoms with Gasteiger partial charge in [-0.2, -0.15) is 0 Å². The molecule has 0 saturated carbocycles. The minimum Gasteiger partial charge on any atom is -0.372 e. The summed E-state index contributed by atoms with van der Waals surface area (Å²) in [4.78, 5) is 15.6. The van der Waals surface area contributed by atoms with Gasteiger partial charge in [0.25, 0.3) is 5.56 Å².